The highest BCUT2D eigenvalue weighted by Crippen LogP contribution is 2.33. The zero-order chi connectivity index (χ0) is 19.8. The smallest absolute Gasteiger partial charge is 0.262 e. The number of nitrogens with zero attached hydrogens (tertiary/aromatic N) is 2. The molecule has 2 heterocycles. The highest BCUT2D eigenvalue weighted by molar-refractivity contribution is 7.89. The second kappa shape index (κ2) is 7.47. The zero-order valence-corrected chi connectivity index (χ0v) is 16.6. The van der Waals surface area contributed by atoms with Gasteiger partial charge in [-0.25, -0.2) is 8.42 Å². The molecular weight excluding hydrogens is 370 g/mol. The summed E-state index contributed by atoms with van der Waals surface area (Å²) >= 11 is 0. The largest absolute Gasteiger partial charge is 0.482 e. The fourth-order valence-electron chi connectivity index (χ4n) is 3.50. The van der Waals surface area contributed by atoms with Gasteiger partial charge in [0, 0.05) is 25.7 Å². The number of anilines is 1. The minimum atomic E-state index is -3.87. The van der Waals surface area contributed by atoms with Gasteiger partial charge < -0.3 is 15.0 Å². The number of benzene rings is 1. The number of rotatable bonds is 4. The summed E-state index contributed by atoms with van der Waals surface area (Å²) in [5.74, 6) is -0.161. The van der Waals surface area contributed by atoms with Crippen LogP contribution in [0.5, 0.6) is 5.75 Å². The van der Waals surface area contributed by atoms with E-state index < -0.39 is 10.0 Å². The summed E-state index contributed by atoms with van der Waals surface area (Å²) in [5.41, 5.74) is 0.925. The van der Waals surface area contributed by atoms with Gasteiger partial charge in [0.05, 0.1) is 17.1 Å². The topological polar surface area (TPSA) is 96.0 Å². The van der Waals surface area contributed by atoms with Crippen molar-refractivity contribution in [2.75, 3.05) is 32.1 Å². The number of ether oxygens (including phenoxy) is 1. The van der Waals surface area contributed by atoms with Gasteiger partial charge in [-0.15, -0.1) is 0 Å². The van der Waals surface area contributed by atoms with Gasteiger partial charge in [0.15, 0.2) is 6.61 Å². The van der Waals surface area contributed by atoms with E-state index in [1.54, 1.807) is 17.9 Å². The number of likely N-dealkylation sites (N-methyl/N-ethyl adjacent to an activating group) is 1. The summed E-state index contributed by atoms with van der Waals surface area (Å²) < 4.78 is 32.4. The molecule has 3 rings (SSSR count). The summed E-state index contributed by atoms with van der Waals surface area (Å²) in [6.45, 7) is 3.94. The van der Waals surface area contributed by atoms with Crippen LogP contribution in [0, 0.1) is 6.92 Å². The third kappa shape index (κ3) is 3.93. The van der Waals surface area contributed by atoms with E-state index in [0.717, 1.165) is 23.6 Å². The van der Waals surface area contributed by atoms with Crippen LogP contribution in [0.1, 0.15) is 31.7 Å². The lowest BCUT2D eigenvalue weighted by atomic mass is 10.0. The molecule has 1 atom stereocenters. The average molecular weight is 395 g/mol. The maximum absolute atomic E-state index is 13.0. The monoisotopic (exact) mass is 395 g/mol. The third-order valence-electron chi connectivity index (χ3n) is 5.08. The van der Waals surface area contributed by atoms with Gasteiger partial charge in [-0.1, -0.05) is 0 Å². The van der Waals surface area contributed by atoms with Crippen LogP contribution >= 0.6 is 0 Å². The summed E-state index contributed by atoms with van der Waals surface area (Å²) in [6, 6.07) is 3.11. The first-order valence-corrected chi connectivity index (χ1v) is 10.5. The van der Waals surface area contributed by atoms with Crippen molar-refractivity contribution in [3.05, 3.63) is 17.7 Å². The van der Waals surface area contributed by atoms with Crippen molar-refractivity contribution < 1.29 is 22.7 Å². The molecule has 0 aliphatic carbocycles. The van der Waals surface area contributed by atoms with Gasteiger partial charge in [0.1, 0.15) is 5.75 Å². The van der Waals surface area contributed by atoms with Crippen molar-refractivity contribution in [1.29, 1.82) is 0 Å². The molecule has 1 saturated heterocycles. The normalized spacial score (nSPS) is 20.1. The number of likely N-dealkylation sites (tertiary alicyclic amines) is 1. The Morgan fingerprint density at radius 1 is 1.37 bits per heavy atom. The lowest BCUT2D eigenvalue weighted by Gasteiger charge is -2.34. The molecule has 0 saturated carbocycles. The SMILES string of the molecule is Cc1cc2c(cc1S(=O)(=O)N(C)CC(=O)N1CCCC[C@H]1C)OCC(=O)N2. The van der Waals surface area contributed by atoms with Crippen LogP contribution in [0.15, 0.2) is 17.0 Å². The van der Waals surface area contributed by atoms with Crippen LogP contribution in [0.4, 0.5) is 5.69 Å². The summed E-state index contributed by atoms with van der Waals surface area (Å²) in [4.78, 5) is 25.8. The maximum atomic E-state index is 13.0. The molecule has 2 aliphatic heterocycles. The number of carbonyl (C=O) groups is 2. The van der Waals surface area contributed by atoms with Crippen LogP contribution in [-0.4, -0.2) is 62.2 Å². The zero-order valence-electron chi connectivity index (χ0n) is 15.8. The first-order valence-electron chi connectivity index (χ1n) is 9.03. The molecule has 2 amide bonds. The van der Waals surface area contributed by atoms with E-state index in [4.69, 9.17) is 4.74 Å². The number of carbonyl (C=O) groups excluding carboxylic acids is 2. The molecule has 1 fully saturated rings. The van der Waals surface area contributed by atoms with Crippen LogP contribution in [0.3, 0.4) is 0 Å². The average Bonchev–Trinajstić information content (AvgIpc) is 2.61. The molecule has 0 bridgehead atoms. The molecule has 0 spiro atoms. The molecular formula is C18H25N3O5S. The number of aryl methyl sites for hydroxylation is 1. The second-order valence-corrected chi connectivity index (χ2v) is 9.16. The molecule has 1 aromatic carbocycles. The predicted octanol–water partition coefficient (Wildman–Crippen LogP) is 1.35. The van der Waals surface area contributed by atoms with Crippen LogP contribution in [0.25, 0.3) is 0 Å². The molecule has 27 heavy (non-hydrogen) atoms. The molecule has 1 N–H and O–H groups in total. The van der Waals surface area contributed by atoms with Gasteiger partial charge in [-0.05, 0) is 44.7 Å². The highest BCUT2D eigenvalue weighted by Gasteiger charge is 2.30. The van der Waals surface area contributed by atoms with Gasteiger partial charge in [0.25, 0.3) is 5.91 Å². The summed E-state index contributed by atoms with van der Waals surface area (Å²) in [5, 5.41) is 2.66. The summed E-state index contributed by atoms with van der Waals surface area (Å²) in [7, 11) is -2.47. The van der Waals surface area contributed by atoms with Crippen molar-refractivity contribution in [2.45, 2.75) is 44.0 Å². The van der Waals surface area contributed by atoms with E-state index in [1.807, 2.05) is 6.92 Å². The Balaban J connectivity index is 1.81. The quantitative estimate of drug-likeness (QED) is 0.830. The van der Waals surface area contributed by atoms with E-state index in [1.165, 1.54) is 13.1 Å². The van der Waals surface area contributed by atoms with Crippen molar-refractivity contribution in [3.8, 4) is 5.75 Å². The molecule has 148 valence electrons. The number of piperidine rings is 1. The fraction of sp³-hybridized carbons (Fsp3) is 0.556. The number of hydrogen-bond donors (Lipinski definition) is 1. The van der Waals surface area contributed by atoms with Gasteiger partial charge >= 0.3 is 0 Å². The maximum Gasteiger partial charge on any atom is 0.262 e. The van der Waals surface area contributed by atoms with E-state index >= 15 is 0 Å². The molecule has 2 aliphatic rings. The molecule has 8 nitrogen and oxygen atoms in total. The van der Waals surface area contributed by atoms with E-state index in [9.17, 15) is 18.0 Å². The van der Waals surface area contributed by atoms with E-state index in [0.29, 0.717) is 23.5 Å². The first kappa shape index (κ1) is 19.6. The van der Waals surface area contributed by atoms with Crippen molar-refractivity contribution in [3.63, 3.8) is 0 Å². The molecule has 0 aromatic heterocycles. The number of sulfonamides is 1. The second-order valence-electron chi connectivity index (χ2n) is 7.14. The first-order chi connectivity index (χ1) is 12.7. The van der Waals surface area contributed by atoms with Crippen LogP contribution < -0.4 is 10.1 Å². The highest BCUT2D eigenvalue weighted by atomic mass is 32.2. The third-order valence-corrected chi connectivity index (χ3v) is 7.02. The van der Waals surface area contributed by atoms with Gasteiger partial charge in [-0.3, -0.25) is 9.59 Å². The fourth-order valence-corrected chi connectivity index (χ4v) is 4.83. The Kier molecular flexibility index (Phi) is 5.43. The van der Waals surface area contributed by atoms with Crippen molar-refractivity contribution in [2.24, 2.45) is 0 Å². The Labute approximate surface area is 159 Å². The number of nitrogens with one attached hydrogen (secondary N) is 1. The van der Waals surface area contributed by atoms with Crippen LogP contribution in [0.2, 0.25) is 0 Å². The van der Waals surface area contributed by atoms with Crippen LogP contribution in [-0.2, 0) is 19.6 Å². The Bertz CT molecular complexity index is 868. The lowest BCUT2D eigenvalue weighted by molar-refractivity contribution is -0.134. The van der Waals surface area contributed by atoms with Crippen molar-refractivity contribution in [1.82, 2.24) is 9.21 Å². The molecule has 0 unspecified atom stereocenters. The number of amides is 2. The predicted molar refractivity (Wildman–Crippen MR) is 100 cm³/mol. The molecule has 0 radical (unpaired) electrons. The van der Waals surface area contributed by atoms with E-state index in [-0.39, 0.29) is 35.9 Å². The number of hydrogen-bond acceptors (Lipinski definition) is 5. The lowest BCUT2D eigenvalue weighted by Crippen LogP contribution is -2.47. The van der Waals surface area contributed by atoms with Gasteiger partial charge in [0.2, 0.25) is 15.9 Å². The Morgan fingerprint density at radius 2 is 2.11 bits per heavy atom. The minimum Gasteiger partial charge on any atom is -0.482 e. The molecule has 1 aromatic rings. The Morgan fingerprint density at radius 3 is 2.81 bits per heavy atom. The number of fused-ring (bicyclic) bond motifs is 1. The van der Waals surface area contributed by atoms with E-state index in [2.05, 4.69) is 5.32 Å². The minimum absolute atomic E-state index is 0.0689. The standard InChI is InChI=1S/C18H25N3O5S/c1-12-8-14-15(26-11-17(22)19-14)9-16(12)27(24,25)20(3)10-18(23)21-7-5-4-6-13(21)2/h8-9,13H,4-7,10-11H2,1-3H3,(H,19,22)/t13-/m1/s1. The summed E-state index contributed by atoms with van der Waals surface area (Å²) in [6.07, 6.45) is 2.97. The Hall–Kier alpha value is -2.13. The molecule has 9 heteroatoms. The van der Waals surface area contributed by atoms with Gasteiger partial charge in [-0.2, -0.15) is 4.31 Å². The van der Waals surface area contributed by atoms with Crippen molar-refractivity contribution >= 4 is 27.5 Å².